The number of amides is 1. The second-order valence-corrected chi connectivity index (χ2v) is 5.77. The fourth-order valence-corrected chi connectivity index (χ4v) is 2.46. The third-order valence-corrected chi connectivity index (χ3v) is 3.77. The quantitative estimate of drug-likeness (QED) is 0.648. The van der Waals surface area contributed by atoms with Crippen molar-refractivity contribution in [3.8, 4) is 0 Å². The van der Waals surface area contributed by atoms with Crippen molar-refractivity contribution in [3.05, 3.63) is 76.8 Å². The summed E-state index contributed by atoms with van der Waals surface area (Å²) < 4.78 is 0. The van der Waals surface area contributed by atoms with Crippen LogP contribution in [-0.2, 0) is 4.79 Å². The number of nitrogens with one attached hydrogen (secondary N) is 2. The number of halogens is 1. The SMILES string of the molecule is CC(NC(=S)NC(=O)C=Cc1ccccc1Cl)c1ccccc1. The second kappa shape index (κ2) is 8.46. The molecule has 0 aliphatic heterocycles. The van der Waals surface area contributed by atoms with Crippen molar-refractivity contribution >= 4 is 40.9 Å². The highest BCUT2D eigenvalue weighted by Gasteiger charge is 2.07. The third-order valence-electron chi connectivity index (χ3n) is 3.20. The summed E-state index contributed by atoms with van der Waals surface area (Å²) in [6.45, 7) is 1.98. The molecule has 0 heterocycles. The Morgan fingerprint density at radius 1 is 1.13 bits per heavy atom. The molecule has 2 rings (SSSR count). The van der Waals surface area contributed by atoms with Gasteiger partial charge in [0.2, 0.25) is 5.91 Å². The fourth-order valence-electron chi connectivity index (χ4n) is 1.99. The molecule has 0 aliphatic carbocycles. The zero-order valence-electron chi connectivity index (χ0n) is 12.6. The molecule has 2 aromatic rings. The molecule has 2 aromatic carbocycles. The smallest absolute Gasteiger partial charge is 0.250 e. The Kier molecular flexibility index (Phi) is 6.32. The van der Waals surface area contributed by atoms with Crippen molar-refractivity contribution < 1.29 is 4.79 Å². The predicted molar refractivity (Wildman–Crippen MR) is 99.2 cm³/mol. The minimum absolute atomic E-state index is 0.0107. The second-order valence-electron chi connectivity index (χ2n) is 4.95. The van der Waals surface area contributed by atoms with Crippen molar-refractivity contribution in [3.63, 3.8) is 0 Å². The Labute approximate surface area is 146 Å². The van der Waals surface area contributed by atoms with Crippen LogP contribution >= 0.6 is 23.8 Å². The number of hydrogen-bond acceptors (Lipinski definition) is 2. The van der Waals surface area contributed by atoms with Gasteiger partial charge in [0.1, 0.15) is 0 Å². The fraction of sp³-hybridized carbons (Fsp3) is 0.111. The Morgan fingerprint density at radius 3 is 2.48 bits per heavy atom. The summed E-state index contributed by atoms with van der Waals surface area (Å²) in [7, 11) is 0. The molecule has 0 saturated carbocycles. The maximum Gasteiger partial charge on any atom is 0.250 e. The van der Waals surface area contributed by atoms with Crippen LogP contribution in [0.4, 0.5) is 0 Å². The Morgan fingerprint density at radius 2 is 1.78 bits per heavy atom. The van der Waals surface area contributed by atoms with Gasteiger partial charge in [-0.25, -0.2) is 0 Å². The van der Waals surface area contributed by atoms with E-state index in [1.807, 2.05) is 55.5 Å². The van der Waals surface area contributed by atoms with E-state index in [1.165, 1.54) is 6.08 Å². The normalized spacial score (nSPS) is 11.9. The lowest BCUT2D eigenvalue weighted by atomic mass is 10.1. The van der Waals surface area contributed by atoms with Gasteiger partial charge < -0.3 is 5.32 Å². The molecule has 0 spiro atoms. The van der Waals surface area contributed by atoms with Gasteiger partial charge in [-0.15, -0.1) is 0 Å². The summed E-state index contributed by atoms with van der Waals surface area (Å²) in [5, 5.41) is 6.58. The zero-order chi connectivity index (χ0) is 16.7. The standard InChI is InChI=1S/C18H17ClN2OS/c1-13(14-7-3-2-4-8-14)20-18(23)21-17(22)12-11-15-9-5-6-10-16(15)19/h2-13H,1H3,(H2,20,21,22,23). The van der Waals surface area contributed by atoms with Crippen LogP contribution in [0.25, 0.3) is 6.08 Å². The van der Waals surface area contributed by atoms with Crippen molar-refractivity contribution in [1.82, 2.24) is 10.6 Å². The van der Waals surface area contributed by atoms with Crippen molar-refractivity contribution in [1.29, 1.82) is 0 Å². The largest absolute Gasteiger partial charge is 0.356 e. The number of thiocarbonyl (C=S) groups is 1. The van der Waals surface area contributed by atoms with Gasteiger partial charge in [0.25, 0.3) is 0 Å². The lowest BCUT2D eigenvalue weighted by Crippen LogP contribution is -2.39. The average Bonchev–Trinajstić information content (AvgIpc) is 2.54. The van der Waals surface area contributed by atoms with Crippen LogP contribution in [0.3, 0.4) is 0 Å². The van der Waals surface area contributed by atoms with E-state index in [9.17, 15) is 4.79 Å². The van der Waals surface area contributed by atoms with Gasteiger partial charge in [-0.3, -0.25) is 10.1 Å². The summed E-state index contributed by atoms with van der Waals surface area (Å²) in [6.07, 6.45) is 3.06. The molecule has 0 aromatic heterocycles. The number of rotatable bonds is 4. The van der Waals surface area contributed by atoms with Crippen LogP contribution in [-0.4, -0.2) is 11.0 Å². The van der Waals surface area contributed by atoms with Gasteiger partial charge in [0, 0.05) is 11.1 Å². The molecule has 1 atom stereocenters. The first-order valence-corrected chi connectivity index (χ1v) is 7.94. The summed E-state index contributed by atoms with van der Waals surface area (Å²) in [4.78, 5) is 11.9. The Bertz CT molecular complexity index is 716. The maximum atomic E-state index is 11.9. The van der Waals surface area contributed by atoms with Gasteiger partial charge in [0.15, 0.2) is 5.11 Å². The van der Waals surface area contributed by atoms with Crippen LogP contribution in [0.15, 0.2) is 60.7 Å². The lowest BCUT2D eigenvalue weighted by Gasteiger charge is -2.16. The van der Waals surface area contributed by atoms with Crippen molar-refractivity contribution in [2.24, 2.45) is 0 Å². The molecule has 23 heavy (non-hydrogen) atoms. The van der Waals surface area contributed by atoms with E-state index in [4.69, 9.17) is 23.8 Å². The summed E-state index contributed by atoms with van der Waals surface area (Å²) in [6, 6.07) is 17.2. The molecule has 0 aliphatic rings. The van der Waals surface area contributed by atoms with Crippen LogP contribution in [0, 0.1) is 0 Å². The van der Waals surface area contributed by atoms with Gasteiger partial charge in [-0.1, -0.05) is 60.1 Å². The number of carbonyl (C=O) groups is 1. The number of carbonyl (C=O) groups excluding carboxylic acids is 1. The topological polar surface area (TPSA) is 41.1 Å². The molecular weight excluding hydrogens is 328 g/mol. The molecule has 3 nitrogen and oxygen atoms in total. The summed E-state index contributed by atoms with van der Waals surface area (Å²) in [5.74, 6) is -0.303. The van der Waals surface area contributed by atoms with Crippen LogP contribution in [0.2, 0.25) is 5.02 Å². The van der Waals surface area contributed by atoms with Crippen LogP contribution in [0.1, 0.15) is 24.1 Å². The van der Waals surface area contributed by atoms with E-state index in [0.717, 1.165) is 11.1 Å². The number of hydrogen-bond donors (Lipinski definition) is 2. The molecule has 0 radical (unpaired) electrons. The van der Waals surface area contributed by atoms with Crippen molar-refractivity contribution in [2.75, 3.05) is 0 Å². The molecule has 0 bridgehead atoms. The highest BCUT2D eigenvalue weighted by atomic mass is 35.5. The molecule has 0 fully saturated rings. The Balaban J connectivity index is 1.88. The van der Waals surface area contributed by atoms with Gasteiger partial charge >= 0.3 is 0 Å². The molecule has 5 heteroatoms. The molecule has 0 saturated heterocycles. The maximum absolute atomic E-state index is 11.9. The zero-order valence-corrected chi connectivity index (χ0v) is 14.2. The molecule has 118 valence electrons. The van der Waals surface area contributed by atoms with Crippen LogP contribution in [0.5, 0.6) is 0 Å². The lowest BCUT2D eigenvalue weighted by molar-refractivity contribution is -0.115. The van der Waals surface area contributed by atoms with E-state index in [-0.39, 0.29) is 17.1 Å². The highest BCUT2D eigenvalue weighted by molar-refractivity contribution is 7.80. The predicted octanol–water partition coefficient (Wildman–Crippen LogP) is 4.11. The van der Waals surface area contributed by atoms with Gasteiger partial charge in [-0.2, -0.15) is 0 Å². The number of benzene rings is 2. The summed E-state index contributed by atoms with van der Waals surface area (Å²) >= 11 is 11.2. The highest BCUT2D eigenvalue weighted by Crippen LogP contribution is 2.16. The van der Waals surface area contributed by atoms with E-state index in [2.05, 4.69) is 10.6 Å². The Hall–Kier alpha value is -2.17. The van der Waals surface area contributed by atoms with E-state index >= 15 is 0 Å². The van der Waals surface area contributed by atoms with E-state index in [1.54, 1.807) is 12.1 Å². The third kappa shape index (κ3) is 5.51. The monoisotopic (exact) mass is 344 g/mol. The first-order valence-electron chi connectivity index (χ1n) is 7.15. The summed E-state index contributed by atoms with van der Waals surface area (Å²) in [5.41, 5.74) is 1.87. The molecule has 2 N–H and O–H groups in total. The van der Waals surface area contributed by atoms with Crippen LogP contribution < -0.4 is 10.6 Å². The van der Waals surface area contributed by atoms with Gasteiger partial charge in [-0.05, 0) is 42.4 Å². The average molecular weight is 345 g/mol. The molecule has 1 unspecified atom stereocenters. The first-order chi connectivity index (χ1) is 11.1. The van der Waals surface area contributed by atoms with Gasteiger partial charge in [0.05, 0.1) is 6.04 Å². The first kappa shape index (κ1) is 17.2. The minimum atomic E-state index is -0.303. The minimum Gasteiger partial charge on any atom is -0.356 e. The van der Waals surface area contributed by atoms with E-state index < -0.39 is 0 Å². The molecule has 1 amide bonds. The van der Waals surface area contributed by atoms with Crippen molar-refractivity contribution in [2.45, 2.75) is 13.0 Å². The van der Waals surface area contributed by atoms with E-state index in [0.29, 0.717) is 5.02 Å². The molecular formula is C18H17ClN2OS.